The zero-order chi connectivity index (χ0) is 12.4. The molecule has 2 rings (SSSR count). The Hall–Kier alpha value is -2.10. The molecular formula is C13H15N3O. The highest BCUT2D eigenvalue weighted by Gasteiger charge is 2.08. The fourth-order valence-corrected chi connectivity index (χ4v) is 1.71. The molecule has 0 radical (unpaired) electrons. The van der Waals surface area contributed by atoms with Crippen LogP contribution in [0.25, 0.3) is 11.4 Å². The first-order valence-electron chi connectivity index (χ1n) is 5.57. The molecule has 4 heteroatoms. The van der Waals surface area contributed by atoms with Gasteiger partial charge in [-0.1, -0.05) is 36.8 Å². The van der Waals surface area contributed by atoms with E-state index in [2.05, 4.69) is 9.97 Å². The van der Waals surface area contributed by atoms with Crippen LogP contribution in [0.4, 0.5) is 5.82 Å². The van der Waals surface area contributed by atoms with E-state index in [4.69, 9.17) is 5.73 Å². The van der Waals surface area contributed by atoms with E-state index in [1.165, 1.54) is 0 Å². The van der Waals surface area contributed by atoms with Crippen molar-refractivity contribution in [2.45, 2.75) is 20.3 Å². The Morgan fingerprint density at radius 1 is 1.29 bits per heavy atom. The van der Waals surface area contributed by atoms with Crippen LogP contribution >= 0.6 is 0 Å². The summed E-state index contributed by atoms with van der Waals surface area (Å²) in [6, 6.07) is 7.77. The zero-order valence-corrected chi connectivity index (χ0v) is 9.95. The summed E-state index contributed by atoms with van der Waals surface area (Å²) in [7, 11) is 0. The highest BCUT2D eigenvalue weighted by atomic mass is 16.1. The maximum absolute atomic E-state index is 11.8. The first-order valence-corrected chi connectivity index (χ1v) is 5.57. The molecule has 3 N–H and O–H groups in total. The normalized spacial score (nSPS) is 10.5. The average molecular weight is 229 g/mol. The number of rotatable bonds is 2. The number of aryl methyl sites for hydroxylation is 1. The second-order valence-electron chi connectivity index (χ2n) is 4.00. The van der Waals surface area contributed by atoms with Gasteiger partial charge >= 0.3 is 0 Å². The number of nitrogens with one attached hydrogen (secondary N) is 1. The van der Waals surface area contributed by atoms with Crippen LogP contribution in [0.2, 0.25) is 0 Å². The van der Waals surface area contributed by atoms with E-state index in [0.717, 1.165) is 11.1 Å². The number of nitrogen functional groups attached to an aromatic ring is 1. The minimum atomic E-state index is -0.157. The molecule has 0 saturated carbocycles. The Morgan fingerprint density at radius 3 is 2.47 bits per heavy atom. The fourth-order valence-electron chi connectivity index (χ4n) is 1.71. The summed E-state index contributed by atoms with van der Waals surface area (Å²) in [4.78, 5) is 18.7. The number of anilines is 1. The van der Waals surface area contributed by atoms with Gasteiger partial charge in [-0.3, -0.25) is 4.79 Å². The molecule has 88 valence electrons. The minimum Gasteiger partial charge on any atom is -0.383 e. The predicted octanol–water partition coefficient (Wildman–Crippen LogP) is 1.89. The molecule has 0 saturated heterocycles. The molecule has 0 spiro atoms. The fraction of sp³-hybridized carbons (Fsp3) is 0.231. The summed E-state index contributed by atoms with van der Waals surface area (Å²) in [5, 5.41) is 0. The van der Waals surface area contributed by atoms with Gasteiger partial charge in [0.25, 0.3) is 5.56 Å². The maximum atomic E-state index is 11.8. The SMILES string of the molecule is CCc1c(N)nc(-c2ccc(C)cc2)[nH]c1=O. The third kappa shape index (κ3) is 2.20. The van der Waals surface area contributed by atoms with Gasteiger partial charge in [-0.05, 0) is 13.3 Å². The first-order chi connectivity index (χ1) is 8.11. The highest BCUT2D eigenvalue weighted by Crippen LogP contribution is 2.16. The van der Waals surface area contributed by atoms with Crippen molar-refractivity contribution >= 4 is 5.82 Å². The molecule has 1 aromatic heterocycles. The van der Waals surface area contributed by atoms with Crippen LogP contribution in [0.1, 0.15) is 18.1 Å². The van der Waals surface area contributed by atoms with Crippen molar-refractivity contribution < 1.29 is 0 Å². The van der Waals surface area contributed by atoms with Crippen molar-refractivity contribution in [1.82, 2.24) is 9.97 Å². The van der Waals surface area contributed by atoms with Crippen molar-refractivity contribution in [1.29, 1.82) is 0 Å². The molecule has 2 aromatic rings. The van der Waals surface area contributed by atoms with Crippen LogP contribution in [0.15, 0.2) is 29.1 Å². The second kappa shape index (κ2) is 4.41. The number of nitrogens with zero attached hydrogens (tertiary/aromatic N) is 1. The van der Waals surface area contributed by atoms with Crippen molar-refractivity contribution in [2.24, 2.45) is 0 Å². The van der Waals surface area contributed by atoms with Crippen LogP contribution < -0.4 is 11.3 Å². The topological polar surface area (TPSA) is 71.8 Å². The summed E-state index contributed by atoms with van der Waals surface area (Å²) in [6.07, 6.45) is 0.586. The van der Waals surface area contributed by atoms with Crippen molar-refractivity contribution in [3.63, 3.8) is 0 Å². The van der Waals surface area contributed by atoms with Crippen LogP contribution in [0.3, 0.4) is 0 Å². The Balaban J connectivity index is 2.54. The molecule has 0 aliphatic rings. The lowest BCUT2D eigenvalue weighted by atomic mass is 10.1. The lowest BCUT2D eigenvalue weighted by molar-refractivity contribution is 1.02. The standard InChI is InChI=1S/C13H15N3O/c1-3-10-11(14)15-12(16-13(10)17)9-6-4-8(2)5-7-9/h4-7H,3H2,1-2H3,(H3,14,15,16,17). The number of H-pyrrole nitrogens is 1. The van der Waals surface area contributed by atoms with E-state index in [1.807, 2.05) is 38.1 Å². The summed E-state index contributed by atoms with van der Waals surface area (Å²) >= 11 is 0. The molecule has 0 aliphatic carbocycles. The van der Waals surface area contributed by atoms with E-state index in [0.29, 0.717) is 23.6 Å². The van der Waals surface area contributed by atoms with Crippen LogP contribution in [-0.4, -0.2) is 9.97 Å². The van der Waals surface area contributed by atoms with Gasteiger partial charge in [0.1, 0.15) is 11.6 Å². The van der Waals surface area contributed by atoms with E-state index in [-0.39, 0.29) is 5.56 Å². The molecule has 0 unspecified atom stereocenters. The molecule has 1 heterocycles. The van der Waals surface area contributed by atoms with E-state index < -0.39 is 0 Å². The van der Waals surface area contributed by atoms with Crippen LogP contribution in [-0.2, 0) is 6.42 Å². The number of nitrogens with two attached hydrogens (primary N) is 1. The summed E-state index contributed by atoms with van der Waals surface area (Å²) in [5.41, 5.74) is 8.18. The maximum Gasteiger partial charge on any atom is 0.256 e. The smallest absolute Gasteiger partial charge is 0.256 e. The minimum absolute atomic E-state index is 0.157. The molecule has 0 aliphatic heterocycles. The van der Waals surface area contributed by atoms with Crippen molar-refractivity contribution in [3.8, 4) is 11.4 Å². The van der Waals surface area contributed by atoms with Gasteiger partial charge < -0.3 is 10.7 Å². The molecule has 4 nitrogen and oxygen atoms in total. The van der Waals surface area contributed by atoms with Gasteiger partial charge in [0.05, 0.1) is 5.56 Å². The molecule has 0 fully saturated rings. The number of aromatic nitrogens is 2. The quantitative estimate of drug-likeness (QED) is 0.826. The molecule has 1 aromatic carbocycles. The predicted molar refractivity (Wildman–Crippen MR) is 68.8 cm³/mol. The Morgan fingerprint density at radius 2 is 1.94 bits per heavy atom. The largest absolute Gasteiger partial charge is 0.383 e. The highest BCUT2D eigenvalue weighted by molar-refractivity contribution is 5.57. The van der Waals surface area contributed by atoms with Gasteiger partial charge in [0, 0.05) is 5.56 Å². The number of hydrogen-bond donors (Lipinski definition) is 2. The second-order valence-corrected chi connectivity index (χ2v) is 4.00. The third-order valence-corrected chi connectivity index (χ3v) is 2.73. The van der Waals surface area contributed by atoms with Gasteiger partial charge in [0.2, 0.25) is 0 Å². The lowest BCUT2D eigenvalue weighted by Crippen LogP contribution is -2.17. The number of benzene rings is 1. The monoisotopic (exact) mass is 229 g/mol. The molecule has 17 heavy (non-hydrogen) atoms. The Labute approximate surface area is 99.5 Å². The lowest BCUT2D eigenvalue weighted by Gasteiger charge is -2.05. The van der Waals surface area contributed by atoms with Gasteiger partial charge in [-0.25, -0.2) is 4.98 Å². The average Bonchev–Trinajstić information content (AvgIpc) is 2.29. The zero-order valence-electron chi connectivity index (χ0n) is 9.95. The van der Waals surface area contributed by atoms with Crippen molar-refractivity contribution in [3.05, 3.63) is 45.7 Å². The van der Waals surface area contributed by atoms with Crippen molar-refractivity contribution in [2.75, 3.05) is 5.73 Å². The van der Waals surface area contributed by atoms with Gasteiger partial charge in [-0.2, -0.15) is 0 Å². The molecule has 0 bridgehead atoms. The van der Waals surface area contributed by atoms with E-state index >= 15 is 0 Å². The Kier molecular flexibility index (Phi) is 2.95. The van der Waals surface area contributed by atoms with Crippen LogP contribution in [0, 0.1) is 6.92 Å². The summed E-state index contributed by atoms with van der Waals surface area (Å²) in [6.45, 7) is 3.89. The molecule has 0 atom stereocenters. The number of aromatic amines is 1. The first kappa shape index (κ1) is 11.4. The van der Waals surface area contributed by atoms with E-state index in [9.17, 15) is 4.79 Å². The van der Waals surface area contributed by atoms with Crippen LogP contribution in [0.5, 0.6) is 0 Å². The Bertz CT molecular complexity index is 585. The van der Waals surface area contributed by atoms with Gasteiger partial charge in [0.15, 0.2) is 0 Å². The van der Waals surface area contributed by atoms with E-state index in [1.54, 1.807) is 0 Å². The third-order valence-electron chi connectivity index (χ3n) is 2.73. The van der Waals surface area contributed by atoms with Gasteiger partial charge in [-0.15, -0.1) is 0 Å². The summed E-state index contributed by atoms with van der Waals surface area (Å²) < 4.78 is 0. The molecular weight excluding hydrogens is 214 g/mol. The number of hydrogen-bond acceptors (Lipinski definition) is 3. The summed E-state index contributed by atoms with van der Waals surface area (Å²) in [5.74, 6) is 0.830. The molecule has 0 amide bonds.